The van der Waals surface area contributed by atoms with Crippen LogP contribution in [0.1, 0.15) is 25.7 Å². The van der Waals surface area contributed by atoms with Gasteiger partial charge in [-0.3, -0.25) is 4.79 Å². The topological polar surface area (TPSA) is 54.9 Å². The highest BCUT2D eigenvalue weighted by atomic mass is 35.5. The van der Waals surface area contributed by atoms with Crippen LogP contribution in [0.5, 0.6) is 0 Å². The van der Waals surface area contributed by atoms with Crippen molar-refractivity contribution in [3.63, 3.8) is 0 Å². The molecule has 2 unspecified atom stereocenters. The highest BCUT2D eigenvalue weighted by Gasteiger charge is 2.54. The molecule has 2 aliphatic carbocycles. The molecule has 0 bridgehead atoms. The number of nitrogens with zero attached hydrogens (tertiary/aromatic N) is 2. The molecule has 3 rings (SSSR count). The van der Waals surface area contributed by atoms with E-state index in [2.05, 4.69) is 15.3 Å². The lowest BCUT2D eigenvalue weighted by atomic mass is 10.0. The molecule has 0 aliphatic heterocycles. The molecule has 0 radical (unpaired) electrons. The van der Waals surface area contributed by atoms with Crippen LogP contribution >= 0.6 is 11.6 Å². The number of carbonyl (C=O) groups excluding carboxylic acids is 1. The van der Waals surface area contributed by atoms with Crippen molar-refractivity contribution in [2.45, 2.75) is 25.7 Å². The number of hydrogen-bond acceptors (Lipinski definition) is 3. The fourth-order valence-corrected chi connectivity index (χ4v) is 3.14. The minimum absolute atomic E-state index is 0.0595. The lowest BCUT2D eigenvalue weighted by Crippen LogP contribution is -2.16. The van der Waals surface area contributed by atoms with Crippen LogP contribution in [0.3, 0.4) is 0 Å². The van der Waals surface area contributed by atoms with Gasteiger partial charge in [-0.15, -0.1) is 0 Å². The van der Waals surface area contributed by atoms with Gasteiger partial charge in [-0.05, 0) is 24.7 Å². The minimum atomic E-state index is 0.0595. The van der Waals surface area contributed by atoms with Gasteiger partial charge in [0.15, 0.2) is 11.0 Å². The van der Waals surface area contributed by atoms with Crippen LogP contribution in [-0.4, -0.2) is 15.9 Å². The largest absolute Gasteiger partial charge is 0.308 e. The number of fused-ring (bicyclic) bond motifs is 1. The van der Waals surface area contributed by atoms with Gasteiger partial charge in [-0.1, -0.05) is 24.4 Å². The van der Waals surface area contributed by atoms with E-state index in [0.717, 1.165) is 0 Å². The van der Waals surface area contributed by atoms with Crippen molar-refractivity contribution in [2.24, 2.45) is 17.8 Å². The maximum Gasteiger partial charge on any atom is 0.229 e. The molecular formula is C12H14ClN3O. The van der Waals surface area contributed by atoms with Crippen molar-refractivity contribution in [1.29, 1.82) is 0 Å². The quantitative estimate of drug-likeness (QED) is 0.879. The SMILES string of the molecule is O=C(Nc1nccnc1Cl)C1C2CCCCC21. The van der Waals surface area contributed by atoms with Crippen LogP contribution in [0.25, 0.3) is 0 Å². The third-order valence-corrected chi connectivity index (χ3v) is 4.13. The molecule has 2 saturated carbocycles. The monoisotopic (exact) mass is 251 g/mol. The van der Waals surface area contributed by atoms with E-state index in [0.29, 0.717) is 17.7 Å². The normalized spacial score (nSPS) is 30.5. The molecule has 0 saturated heterocycles. The molecule has 0 aromatic carbocycles. The van der Waals surface area contributed by atoms with Gasteiger partial charge >= 0.3 is 0 Å². The van der Waals surface area contributed by atoms with Gasteiger partial charge in [0.1, 0.15) is 0 Å². The molecule has 2 fully saturated rings. The summed E-state index contributed by atoms with van der Waals surface area (Å²) in [7, 11) is 0. The Balaban J connectivity index is 1.67. The summed E-state index contributed by atoms with van der Waals surface area (Å²) in [4.78, 5) is 20.0. The Hall–Kier alpha value is -1.16. The number of anilines is 1. The van der Waals surface area contributed by atoms with Crippen LogP contribution in [-0.2, 0) is 4.79 Å². The summed E-state index contributed by atoms with van der Waals surface area (Å²) in [6.07, 6.45) is 7.94. The summed E-state index contributed by atoms with van der Waals surface area (Å²) >= 11 is 5.86. The Bertz CT molecular complexity index is 439. The lowest BCUT2D eigenvalue weighted by Gasteiger charge is -2.04. The van der Waals surface area contributed by atoms with Gasteiger partial charge in [0.2, 0.25) is 5.91 Å². The summed E-state index contributed by atoms with van der Waals surface area (Å²) in [6, 6.07) is 0. The number of nitrogens with one attached hydrogen (secondary N) is 1. The Morgan fingerprint density at radius 2 is 1.88 bits per heavy atom. The van der Waals surface area contributed by atoms with E-state index in [-0.39, 0.29) is 17.0 Å². The van der Waals surface area contributed by atoms with Crippen molar-refractivity contribution in [3.8, 4) is 0 Å². The molecule has 0 spiro atoms. The number of halogens is 1. The zero-order chi connectivity index (χ0) is 11.8. The predicted octanol–water partition coefficient (Wildman–Crippen LogP) is 2.50. The van der Waals surface area contributed by atoms with Crippen LogP contribution < -0.4 is 5.32 Å². The summed E-state index contributed by atoms with van der Waals surface area (Å²) in [5, 5.41) is 3.04. The maximum atomic E-state index is 12.1. The standard InChI is InChI=1S/C12H14ClN3O/c13-10-11(15-6-5-14-10)16-12(17)9-7-3-1-2-4-8(7)9/h5-9H,1-4H2,(H,15,16,17). The van der Waals surface area contributed by atoms with Gasteiger partial charge in [0, 0.05) is 18.3 Å². The van der Waals surface area contributed by atoms with Gasteiger partial charge < -0.3 is 5.32 Å². The average Bonchev–Trinajstić information content (AvgIpc) is 3.06. The molecular weight excluding hydrogens is 238 g/mol. The Labute approximate surface area is 105 Å². The van der Waals surface area contributed by atoms with Gasteiger partial charge in [0.25, 0.3) is 0 Å². The Morgan fingerprint density at radius 1 is 1.24 bits per heavy atom. The third kappa shape index (κ3) is 2.02. The fourth-order valence-electron chi connectivity index (χ4n) is 2.99. The highest BCUT2D eigenvalue weighted by Crippen LogP contribution is 2.55. The van der Waals surface area contributed by atoms with Crippen molar-refractivity contribution < 1.29 is 4.79 Å². The van der Waals surface area contributed by atoms with Crippen molar-refractivity contribution in [1.82, 2.24) is 9.97 Å². The van der Waals surface area contributed by atoms with Crippen molar-refractivity contribution in [2.75, 3.05) is 5.32 Å². The van der Waals surface area contributed by atoms with Crippen molar-refractivity contribution in [3.05, 3.63) is 17.5 Å². The summed E-state index contributed by atoms with van der Waals surface area (Å²) in [6.45, 7) is 0. The van der Waals surface area contributed by atoms with E-state index < -0.39 is 0 Å². The zero-order valence-corrected chi connectivity index (χ0v) is 10.2. The summed E-state index contributed by atoms with van der Waals surface area (Å²) in [5.74, 6) is 1.81. The first-order valence-corrected chi connectivity index (χ1v) is 6.42. The lowest BCUT2D eigenvalue weighted by molar-refractivity contribution is -0.117. The molecule has 90 valence electrons. The molecule has 17 heavy (non-hydrogen) atoms. The second-order valence-electron chi connectivity index (χ2n) is 4.82. The van der Waals surface area contributed by atoms with Crippen LogP contribution in [0.2, 0.25) is 5.15 Å². The average molecular weight is 252 g/mol. The van der Waals surface area contributed by atoms with E-state index in [4.69, 9.17) is 11.6 Å². The van der Waals surface area contributed by atoms with Crippen LogP contribution in [0.4, 0.5) is 5.82 Å². The Morgan fingerprint density at radius 3 is 2.53 bits per heavy atom. The van der Waals surface area contributed by atoms with Crippen molar-refractivity contribution >= 4 is 23.3 Å². The molecule has 1 aromatic heterocycles. The van der Waals surface area contributed by atoms with Gasteiger partial charge in [-0.2, -0.15) is 0 Å². The zero-order valence-electron chi connectivity index (χ0n) is 9.40. The molecule has 1 amide bonds. The second-order valence-corrected chi connectivity index (χ2v) is 5.18. The van der Waals surface area contributed by atoms with E-state index in [1.54, 1.807) is 0 Å². The summed E-state index contributed by atoms with van der Waals surface area (Å²) in [5.41, 5.74) is 0. The van der Waals surface area contributed by atoms with E-state index in [9.17, 15) is 4.79 Å². The number of carbonyl (C=O) groups is 1. The highest BCUT2D eigenvalue weighted by molar-refractivity contribution is 6.32. The third-order valence-electron chi connectivity index (χ3n) is 3.85. The molecule has 2 aliphatic rings. The molecule has 1 heterocycles. The molecule has 2 atom stereocenters. The number of rotatable bonds is 2. The first-order chi connectivity index (χ1) is 8.27. The number of aromatic nitrogens is 2. The van der Waals surface area contributed by atoms with Gasteiger partial charge in [0.05, 0.1) is 0 Å². The molecule has 5 heteroatoms. The number of hydrogen-bond donors (Lipinski definition) is 1. The Kier molecular flexibility index (Phi) is 2.74. The fraction of sp³-hybridized carbons (Fsp3) is 0.583. The molecule has 1 aromatic rings. The minimum Gasteiger partial charge on any atom is -0.308 e. The predicted molar refractivity (Wildman–Crippen MR) is 64.6 cm³/mol. The van der Waals surface area contributed by atoms with Gasteiger partial charge in [-0.25, -0.2) is 9.97 Å². The first kappa shape index (κ1) is 11.0. The van der Waals surface area contributed by atoms with Crippen LogP contribution in [0.15, 0.2) is 12.4 Å². The molecule has 1 N–H and O–H groups in total. The van der Waals surface area contributed by atoms with E-state index in [1.807, 2.05) is 0 Å². The summed E-state index contributed by atoms with van der Waals surface area (Å²) < 4.78 is 0. The molecule has 4 nitrogen and oxygen atoms in total. The maximum absolute atomic E-state index is 12.1. The number of amides is 1. The van der Waals surface area contributed by atoms with E-state index in [1.165, 1.54) is 38.1 Å². The smallest absolute Gasteiger partial charge is 0.229 e. The van der Waals surface area contributed by atoms with E-state index >= 15 is 0 Å². The first-order valence-electron chi connectivity index (χ1n) is 6.05. The second kappa shape index (κ2) is 4.26. The van der Waals surface area contributed by atoms with Crippen LogP contribution in [0, 0.1) is 17.8 Å².